The Balaban J connectivity index is 1.72. The number of aliphatic hydroxyl groups excluding tert-OH is 1. The van der Waals surface area contributed by atoms with E-state index in [4.69, 9.17) is 9.47 Å². The Morgan fingerprint density at radius 2 is 1.88 bits per heavy atom. The van der Waals surface area contributed by atoms with Crippen molar-refractivity contribution < 1.29 is 28.6 Å². The van der Waals surface area contributed by atoms with E-state index in [1.165, 1.54) is 29.2 Å². The fourth-order valence-corrected chi connectivity index (χ4v) is 4.27. The Labute approximate surface area is 192 Å². The van der Waals surface area contributed by atoms with Gasteiger partial charge in [-0.3, -0.25) is 9.59 Å². The van der Waals surface area contributed by atoms with E-state index in [1.807, 2.05) is 0 Å². The highest BCUT2D eigenvalue weighted by Crippen LogP contribution is 2.40. The van der Waals surface area contributed by atoms with Crippen LogP contribution >= 0.6 is 0 Å². The number of hydrogen-bond acceptors (Lipinski definition) is 5. The number of likely N-dealkylation sites (tertiary alicyclic amines) is 1. The summed E-state index contributed by atoms with van der Waals surface area (Å²) in [5, 5.41) is 11.0. The van der Waals surface area contributed by atoms with Crippen LogP contribution in [0.2, 0.25) is 0 Å². The summed E-state index contributed by atoms with van der Waals surface area (Å²) in [5.74, 6) is -1.52. The average Bonchev–Trinajstić information content (AvgIpc) is 3.42. The van der Waals surface area contributed by atoms with Crippen LogP contribution in [0.1, 0.15) is 49.8 Å². The second-order valence-electron chi connectivity index (χ2n) is 8.36. The second-order valence-corrected chi connectivity index (χ2v) is 8.36. The molecule has 0 bridgehead atoms. The van der Waals surface area contributed by atoms with E-state index in [1.54, 1.807) is 24.3 Å². The lowest BCUT2D eigenvalue weighted by atomic mass is 9.95. The van der Waals surface area contributed by atoms with Gasteiger partial charge in [-0.1, -0.05) is 25.5 Å². The topological polar surface area (TPSA) is 76.1 Å². The number of benzene rings is 2. The standard InChI is InChI=1S/C26H28FNO5/c1-2-3-14-32-20-12-8-17(9-13-20)23-22(24(29)18-6-10-19(27)11-7-18)25(30)26(31)28(23)16-21-5-4-15-33-21/h6-13,21,23,29H,2-5,14-16H2,1H3/t21-,23-/m1/s1. The van der Waals surface area contributed by atoms with Crippen molar-refractivity contribution in [2.24, 2.45) is 0 Å². The van der Waals surface area contributed by atoms with Crippen molar-refractivity contribution in [3.8, 4) is 5.75 Å². The number of carbonyl (C=O) groups excluding carboxylic acids is 2. The Bertz CT molecular complexity index is 1030. The van der Waals surface area contributed by atoms with Gasteiger partial charge < -0.3 is 19.5 Å². The summed E-state index contributed by atoms with van der Waals surface area (Å²) in [6.07, 6.45) is 3.52. The first kappa shape index (κ1) is 23.0. The van der Waals surface area contributed by atoms with Gasteiger partial charge in [-0.15, -0.1) is 0 Å². The number of Topliss-reactive ketones (excluding diaryl/α,β-unsaturated/α-hetero) is 1. The number of ketones is 1. The van der Waals surface area contributed by atoms with Gasteiger partial charge in [0.05, 0.1) is 24.3 Å². The molecule has 174 valence electrons. The number of unbranched alkanes of at least 4 members (excludes halogenated alkanes) is 1. The molecule has 2 aliphatic rings. The van der Waals surface area contributed by atoms with E-state index in [0.717, 1.165) is 25.7 Å². The smallest absolute Gasteiger partial charge is 0.295 e. The zero-order valence-corrected chi connectivity index (χ0v) is 18.6. The van der Waals surface area contributed by atoms with Crippen LogP contribution in [0.25, 0.3) is 5.76 Å². The summed E-state index contributed by atoms with van der Waals surface area (Å²) in [6, 6.07) is 11.6. The van der Waals surface area contributed by atoms with Crippen LogP contribution in [-0.4, -0.2) is 47.6 Å². The van der Waals surface area contributed by atoms with E-state index in [9.17, 15) is 19.1 Å². The molecule has 33 heavy (non-hydrogen) atoms. The van der Waals surface area contributed by atoms with E-state index < -0.39 is 23.5 Å². The van der Waals surface area contributed by atoms with E-state index >= 15 is 0 Å². The number of aliphatic hydroxyl groups is 1. The number of rotatable bonds is 8. The fraction of sp³-hybridized carbons (Fsp3) is 0.385. The largest absolute Gasteiger partial charge is 0.507 e. The van der Waals surface area contributed by atoms with Crippen LogP contribution in [0.3, 0.4) is 0 Å². The van der Waals surface area contributed by atoms with E-state index in [-0.39, 0.29) is 29.5 Å². The molecule has 2 aromatic rings. The minimum absolute atomic E-state index is 0.00995. The fourth-order valence-electron chi connectivity index (χ4n) is 4.27. The third-order valence-corrected chi connectivity index (χ3v) is 6.04. The van der Waals surface area contributed by atoms with Gasteiger partial charge in [0.1, 0.15) is 17.3 Å². The third kappa shape index (κ3) is 4.93. The van der Waals surface area contributed by atoms with Gasteiger partial charge in [0.2, 0.25) is 0 Å². The molecule has 7 heteroatoms. The number of amides is 1. The molecule has 2 heterocycles. The normalized spacial score (nSPS) is 22.2. The molecule has 1 N–H and O–H groups in total. The molecular formula is C26H28FNO5. The molecule has 2 aromatic carbocycles. The molecular weight excluding hydrogens is 425 g/mol. The summed E-state index contributed by atoms with van der Waals surface area (Å²) < 4.78 is 24.8. The first-order chi connectivity index (χ1) is 16.0. The second kappa shape index (κ2) is 10.2. The molecule has 0 radical (unpaired) electrons. The third-order valence-electron chi connectivity index (χ3n) is 6.04. The molecule has 6 nitrogen and oxygen atoms in total. The quantitative estimate of drug-likeness (QED) is 0.274. The van der Waals surface area contributed by atoms with Crippen LogP contribution in [0.5, 0.6) is 5.75 Å². The predicted octanol–water partition coefficient (Wildman–Crippen LogP) is 4.61. The van der Waals surface area contributed by atoms with Crippen LogP contribution in [-0.2, 0) is 14.3 Å². The summed E-state index contributed by atoms with van der Waals surface area (Å²) in [5.41, 5.74) is 0.944. The van der Waals surface area contributed by atoms with Gasteiger partial charge in [0.15, 0.2) is 0 Å². The zero-order valence-electron chi connectivity index (χ0n) is 18.6. The Hall–Kier alpha value is -3.19. The average molecular weight is 454 g/mol. The Morgan fingerprint density at radius 1 is 1.15 bits per heavy atom. The summed E-state index contributed by atoms with van der Waals surface area (Å²) in [6.45, 7) is 3.57. The number of carbonyl (C=O) groups is 2. The maximum absolute atomic E-state index is 13.4. The van der Waals surface area contributed by atoms with Crippen molar-refractivity contribution in [3.05, 3.63) is 71.0 Å². The molecule has 1 amide bonds. The highest BCUT2D eigenvalue weighted by Gasteiger charge is 2.47. The lowest BCUT2D eigenvalue weighted by Crippen LogP contribution is -2.36. The molecule has 2 saturated heterocycles. The van der Waals surface area contributed by atoms with Gasteiger partial charge in [-0.05, 0) is 61.2 Å². The van der Waals surface area contributed by atoms with Crippen molar-refractivity contribution in [1.29, 1.82) is 0 Å². The maximum atomic E-state index is 13.4. The molecule has 4 rings (SSSR count). The van der Waals surface area contributed by atoms with Crippen LogP contribution in [0.15, 0.2) is 54.1 Å². The van der Waals surface area contributed by atoms with Gasteiger partial charge in [-0.2, -0.15) is 0 Å². The number of halogens is 1. The molecule has 0 unspecified atom stereocenters. The van der Waals surface area contributed by atoms with Gasteiger partial charge in [0, 0.05) is 18.7 Å². The number of nitrogens with zero attached hydrogens (tertiary/aromatic N) is 1. The molecule has 2 aliphatic heterocycles. The number of hydrogen-bond donors (Lipinski definition) is 1. The molecule has 0 aliphatic carbocycles. The molecule has 2 fully saturated rings. The van der Waals surface area contributed by atoms with E-state index in [2.05, 4.69) is 6.92 Å². The summed E-state index contributed by atoms with van der Waals surface area (Å²) in [7, 11) is 0. The SMILES string of the molecule is CCCCOc1ccc([C@@H]2C(=C(O)c3ccc(F)cc3)C(=O)C(=O)N2C[C@H]2CCCO2)cc1. The maximum Gasteiger partial charge on any atom is 0.295 e. The molecule has 0 aromatic heterocycles. The number of ether oxygens (including phenoxy) is 2. The lowest BCUT2D eigenvalue weighted by molar-refractivity contribution is -0.140. The van der Waals surface area contributed by atoms with Gasteiger partial charge in [0.25, 0.3) is 11.7 Å². The van der Waals surface area contributed by atoms with Gasteiger partial charge >= 0.3 is 0 Å². The first-order valence-corrected chi connectivity index (χ1v) is 11.4. The van der Waals surface area contributed by atoms with Crippen LogP contribution in [0.4, 0.5) is 4.39 Å². The Morgan fingerprint density at radius 3 is 2.52 bits per heavy atom. The van der Waals surface area contributed by atoms with Crippen molar-refractivity contribution in [1.82, 2.24) is 4.90 Å². The van der Waals surface area contributed by atoms with Crippen LogP contribution < -0.4 is 4.74 Å². The van der Waals surface area contributed by atoms with Crippen molar-refractivity contribution in [2.45, 2.75) is 44.8 Å². The molecule has 0 spiro atoms. The van der Waals surface area contributed by atoms with Crippen molar-refractivity contribution >= 4 is 17.4 Å². The Kier molecular flexibility index (Phi) is 7.08. The first-order valence-electron chi connectivity index (χ1n) is 11.4. The lowest BCUT2D eigenvalue weighted by Gasteiger charge is -2.27. The zero-order chi connectivity index (χ0) is 23.4. The highest BCUT2D eigenvalue weighted by atomic mass is 19.1. The van der Waals surface area contributed by atoms with E-state index in [0.29, 0.717) is 24.5 Å². The summed E-state index contributed by atoms with van der Waals surface area (Å²) in [4.78, 5) is 27.5. The van der Waals surface area contributed by atoms with Crippen molar-refractivity contribution in [2.75, 3.05) is 19.8 Å². The van der Waals surface area contributed by atoms with Gasteiger partial charge in [-0.25, -0.2) is 4.39 Å². The monoisotopic (exact) mass is 453 g/mol. The minimum atomic E-state index is -0.774. The highest BCUT2D eigenvalue weighted by molar-refractivity contribution is 6.46. The molecule has 0 saturated carbocycles. The minimum Gasteiger partial charge on any atom is -0.507 e. The molecule has 2 atom stereocenters. The predicted molar refractivity (Wildman–Crippen MR) is 121 cm³/mol. The summed E-state index contributed by atoms with van der Waals surface area (Å²) >= 11 is 0. The van der Waals surface area contributed by atoms with Crippen molar-refractivity contribution in [3.63, 3.8) is 0 Å². The van der Waals surface area contributed by atoms with Crippen LogP contribution in [0, 0.1) is 5.82 Å².